The van der Waals surface area contributed by atoms with Crippen molar-refractivity contribution in [2.45, 2.75) is 25.1 Å². The fourth-order valence-corrected chi connectivity index (χ4v) is 3.27. The number of aliphatic hydroxyl groups is 1. The Kier molecular flexibility index (Phi) is 3.54. The molecule has 0 saturated carbocycles. The van der Waals surface area contributed by atoms with Crippen molar-refractivity contribution in [3.05, 3.63) is 16.7 Å². The summed E-state index contributed by atoms with van der Waals surface area (Å²) < 4.78 is 17.6. The summed E-state index contributed by atoms with van der Waals surface area (Å²) in [6, 6.07) is 0. The summed E-state index contributed by atoms with van der Waals surface area (Å²) in [5, 5.41) is 9.79. The number of aromatic amines is 1. The third-order valence-electron chi connectivity index (χ3n) is 3.50. The van der Waals surface area contributed by atoms with Crippen LogP contribution in [0.5, 0.6) is 0 Å². The molecule has 0 bridgehead atoms. The second-order valence-corrected chi connectivity index (χ2v) is 6.84. The summed E-state index contributed by atoms with van der Waals surface area (Å²) in [6.45, 7) is 0.129. The molecule has 120 valence electrons. The van der Waals surface area contributed by atoms with Gasteiger partial charge in [-0.3, -0.25) is 14.3 Å². The topological polar surface area (TPSA) is 177 Å². The summed E-state index contributed by atoms with van der Waals surface area (Å²) in [6.07, 6.45) is 0.00244. The summed E-state index contributed by atoms with van der Waals surface area (Å²) >= 11 is 0. The fraction of sp³-hybridized carbons (Fsp3) is 0.500. The lowest BCUT2D eigenvalue weighted by atomic mass is 10.1. The van der Waals surface area contributed by atoms with Crippen LogP contribution >= 0.6 is 7.60 Å². The maximum absolute atomic E-state index is 11.7. The van der Waals surface area contributed by atoms with Crippen molar-refractivity contribution in [2.75, 3.05) is 5.73 Å². The molecule has 3 rings (SSSR count). The van der Waals surface area contributed by atoms with Gasteiger partial charge in [-0.1, -0.05) is 0 Å². The number of imidazole rings is 1. The van der Waals surface area contributed by atoms with Crippen LogP contribution in [0, 0.1) is 5.92 Å². The van der Waals surface area contributed by atoms with E-state index in [4.69, 9.17) is 20.3 Å². The first kappa shape index (κ1) is 15.1. The van der Waals surface area contributed by atoms with E-state index in [-0.39, 0.29) is 30.1 Å². The molecular weight excluding hydrogens is 317 g/mol. The molecule has 2 aromatic rings. The third-order valence-corrected chi connectivity index (χ3v) is 4.59. The highest BCUT2D eigenvalue weighted by atomic mass is 31.2. The average Bonchev–Trinajstić information content (AvgIpc) is 2.95. The summed E-state index contributed by atoms with van der Waals surface area (Å²) in [7, 11) is -4.44. The molecule has 0 unspecified atom stereocenters. The lowest BCUT2D eigenvalue weighted by molar-refractivity contribution is -0.0968. The first-order valence-corrected chi connectivity index (χ1v) is 8.03. The zero-order chi connectivity index (χ0) is 16.1. The Morgan fingerprint density at radius 3 is 2.91 bits per heavy atom. The van der Waals surface area contributed by atoms with Gasteiger partial charge in [0, 0.05) is 12.5 Å². The van der Waals surface area contributed by atoms with Crippen molar-refractivity contribution in [3.63, 3.8) is 0 Å². The first-order chi connectivity index (χ1) is 10.3. The number of rotatable bonds is 3. The Balaban J connectivity index is 1.88. The third kappa shape index (κ3) is 2.64. The van der Waals surface area contributed by atoms with E-state index in [1.165, 1.54) is 10.9 Å². The molecule has 6 N–H and O–H groups in total. The number of nitrogen functional groups attached to an aromatic ring is 1. The highest BCUT2D eigenvalue weighted by molar-refractivity contribution is 7.52. The number of hydrogen-bond acceptors (Lipinski definition) is 7. The molecule has 0 amide bonds. The Hall–Kier alpha value is -1.78. The molecule has 11 nitrogen and oxygen atoms in total. The molecule has 22 heavy (non-hydrogen) atoms. The van der Waals surface area contributed by atoms with Crippen LogP contribution in [0.25, 0.3) is 11.2 Å². The quantitative estimate of drug-likeness (QED) is 0.421. The summed E-state index contributed by atoms with van der Waals surface area (Å²) in [5.41, 5.74) is 5.32. The van der Waals surface area contributed by atoms with Crippen molar-refractivity contribution in [3.8, 4) is 0 Å². The minimum absolute atomic E-state index is 0.0240. The molecule has 1 aliphatic rings. The zero-order valence-electron chi connectivity index (χ0n) is 11.2. The SMILES string of the molecule is Nc1nc2c(ncn2C[C@@H]2C[C@@H](P(=O)(O)O)O[C@H]2O)c(=O)[nH]1. The van der Waals surface area contributed by atoms with Gasteiger partial charge in [0.2, 0.25) is 5.95 Å². The van der Waals surface area contributed by atoms with Crippen LogP contribution in [-0.2, 0) is 15.8 Å². The largest absolute Gasteiger partial charge is 0.369 e. The number of aliphatic hydroxyl groups excluding tert-OH is 1. The van der Waals surface area contributed by atoms with Crippen LogP contribution in [0.15, 0.2) is 11.1 Å². The lowest BCUT2D eigenvalue weighted by Gasteiger charge is -2.13. The minimum atomic E-state index is -4.44. The molecule has 0 aromatic carbocycles. The molecule has 3 atom stereocenters. The molecule has 1 aliphatic heterocycles. The minimum Gasteiger partial charge on any atom is -0.369 e. The molecule has 2 aromatic heterocycles. The van der Waals surface area contributed by atoms with E-state index in [0.29, 0.717) is 0 Å². The predicted molar refractivity (Wildman–Crippen MR) is 73.6 cm³/mol. The van der Waals surface area contributed by atoms with Crippen molar-refractivity contribution in [1.29, 1.82) is 0 Å². The van der Waals surface area contributed by atoms with Gasteiger partial charge in [0.1, 0.15) is 0 Å². The number of aromatic nitrogens is 4. The maximum atomic E-state index is 11.7. The molecule has 1 fully saturated rings. The number of ether oxygens (including phenoxy) is 1. The second kappa shape index (κ2) is 5.14. The Labute approximate surface area is 122 Å². The van der Waals surface area contributed by atoms with E-state index in [2.05, 4.69) is 15.0 Å². The van der Waals surface area contributed by atoms with E-state index >= 15 is 0 Å². The van der Waals surface area contributed by atoms with E-state index in [0.717, 1.165) is 0 Å². The summed E-state index contributed by atoms with van der Waals surface area (Å²) in [4.78, 5) is 40.1. The molecule has 0 aliphatic carbocycles. The van der Waals surface area contributed by atoms with Gasteiger partial charge in [0.05, 0.1) is 6.33 Å². The van der Waals surface area contributed by atoms with E-state index in [9.17, 15) is 14.5 Å². The van der Waals surface area contributed by atoms with Gasteiger partial charge in [-0.15, -0.1) is 0 Å². The van der Waals surface area contributed by atoms with Crippen LogP contribution in [0.3, 0.4) is 0 Å². The molecule has 12 heteroatoms. The second-order valence-electron chi connectivity index (χ2n) is 5.09. The Morgan fingerprint density at radius 1 is 1.55 bits per heavy atom. The molecule has 0 radical (unpaired) electrons. The van der Waals surface area contributed by atoms with Crippen LogP contribution in [0.1, 0.15) is 6.42 Å². The summed E-state index contributed by atoms with van der Waals surface area (Å²) in [5.74, 6) is -1.99. The van der Waals surface area contributed by atoms with Crippen molar-refractivity contribution in [2.24, 2.45) is 5.92 Å². The Morgan fingerprint density at radius 2 is 2.27 bits per heavy atom. The highest BCUT2D eigenvalue weighted by Gasteiger charge is 2.43. The van der Waals surface area contributed by atoms with Gasteiger partial charge in [-0.2, -0.15) is 4.98 Å². The molecule has 1 saturated heterocycles. The van der Waals surface area contributed by atoms with Crippen molar-refractivity contribution >= 4 is 24.7 Å². The number of nitrogens with one attached hydrogen (secondary N) is 1. The van der Waals surface area contributed by atoms with Gasteiger partial charge in [0.15, 0.2) is 23.3 Å². The monoisotopic (exact) mass is 331 g/mol. The van der Waals surface area contributed by atoms with Crippen molar-refractivity contribution in [1.82, 2.24) is 19.5 Å². The van der Waals surface area contributed by atoms with Gasteiger partial charge in [-0.25, -0.2) is 4.98 Å². The maximum Gasteiger partial charge on any atom is 0.354 e. The number of H-pyrrole nitrogens is 1. The number of hydrogen-bond donors (Lipinski definition) is 5. The molecule has 0 spiro atoms. The number of nitrogens with two attached hydrogens (primary N) is 1. The van der Waals surface area contributed by atoms with Crippen LogP contribution in [0.2, 0.25) is 0 Å². The van der Waals surface area contributed by atoms with E-state index in [1.54, 1.807) is 0 Å². The predicted octanol–water partition coefficient (Wildman–Crippen LogP) is -1.44. The zero-order valence-corrected chi connectivity index (χ0v) is 12.1. The van der Waals surface area contributed by atoms with Crippen LogP contribution in [0.4, 0.5) is 5.95 Å². The van der Waals surface area contributed by atoms with Crippen LogP contribution < -0.4 is 11.3 Å². The average molecular weight is 331 g/mol. The Bertz CT molecular complexity index is 812. The first-order valence-electron chi connectivity index (χ1n) is 6.35. The van der Waals surface area contributed by atoms with Gasteiger partial charge < -0.3 is 29.9 Å². The van der Waals surface area contributed by atoms with E-state index < -0.39 is 31.2 Å². The standard InChI is InChI=1S/C10H14N5O6P/c11-10-13-7-6(8(16)14-10)12-3-15(7)2-4-1-5(21-9(4)17)22(18,19)20/h3-5,9,17H,1-2H2,(H2,18,19,20)(H3,11,13,14,16)/t4-,5+,9+/m0/s1. The van der Waals surface area contributed by atoms with Crippen molar-refractivity contribution < 1.29 is 24.2 Å². The molecule has 3 heterocycles. The molecular formula is C10H14N5O6P. The number of anilines is 1. The van der Waals surface area contributed by atoms with Crippen LogP contribution in [-0.4, -0.2) is 46.5 Å². The lowest BCUT2D eigenvalue weighted by Crippen LogP contribution is -2.20. The highest BCUT2D eigenvalue weighted by Crippen LogP contribution is 2.49. The van der Waals surface area contributed by atoms with Gasteiger partial charge in [-0.05, 0) is 6.42 Å². The normalized spacial score (nSPS) is 25.9. The van der Waals surface area contributed by atoms with E-state index in [1.807, 2.05) is 0 Å². The number of fused-ring (bicyclic) bond motifs is 1. The smallest absolute Gasteiger partial charge is 0.354 e. The number of nitrogens with zero attached hydrogens (tertiary/aromatic N) is 3. The van der Waals surface area contributed by atoms with Gasteiger partial charge >= 0.3 is 7.60 Å². The fourth-order valence-electron chi connectivity index (χ4n) is 2.44. The van der Waals surface area contributed by atoms with Gasteiger partial charge in [0.25, 0.3) is 5.56 Å².